The lowest BCUT2D eigenvalue weighted by atomic mass is 10.3. The van der Waals surface area contributed by atoms with Crippen molar-refractivity contribution in [1.29, 1.82) is 0 Å². The maximum Gasteiger partial charge on any atom is 0.101 e. The smallest absolute Gasteiger partial charge is 0.101 e. The minimum atomic E-state index is -0.539. The summed E-state index contributed by atoms with van der Waals surface area (Å²) in [5.41, 5.74) is 0. The summed E-state index contributed by atoms with van der Waals surface area (Å²) in [6, 6.07) is 0. The Morgan fingerprint density at radius 3 is 2.93 bits per heavy atom. The van der Waals surface area contributed by atoms with Crippen molar-refractivity contribution in [2.45, 2.75) is 18.6 Å². The largest absolute Gasteiger partial charge is 0.388 e. The molecule has 5 heteroatoms. The van der Waals surface area contributed by atoms with Crippen LogP contribution in [0, 0.1) is 0 Å². The predicted octanol–water partition coefficient (Wildman–Crippen LogP) is -0.611. The summed E-state index contributed by atoms with van der Waals surface area (Å²) in [5.74, 6) is 0. The molecular weight excluding hydrogens is 198 g/mol. The van der Waals surface area contributed by atoms with Crippen molar-refractivity contribution in [2.24, 2.45) is 0 Å². The monoisotopic (exact) mass is 219 g/mol. The molecule has 2 atom stereocenters. The van der Waals surface area contributed by atoms with Gasteiger partial charge in [0.05, 0.1) is 32.5 Å². The average Bonchev–Trinajstić information content (AvgIpc) is 2.74. The number of aliphatic hydroxyl groups excluding tert-OH is 1. The highest BCUT2D eigenvalue weighted by Gasteiger charge is 2.16. The van der Waals surface area contributed by atoms with Gasteiger partial charge >= 0.3 is 0 Å². The quantitative estimate of drug-likeness (QED) is 0.533. The molecule has 0 aromatic carbocycles. The SMILES string of the molecule is COCCOCC(O)COC1CCNC1. The van der Waals surface area contributed by atoms with E-state index in [0.29, 0.717) is 26.4 Å². The van der Waals surface area contributed by atoms with E-state index in [1.54, 1.807) is 7.11 Å². The number of methoxy groups -OCH3 is 1. The zero-order valence-corrected chi connectivity index (χ0v) is 9.28. The van der Waals surface area contributed by atoms with Crippen LogP contribution in [0.2, 0.25) is 0 Å². The third kappa shape index (κ3) is 6.06. The van der Waals surface area contributed by atoms with E-state index < -0.39 is 6.10 Å². The van der Waals surface area contributed by atoms with E-state index in [1.807, 2.05) is 0 Å². The molecule has 5 nitrogen and oxygen atoms in total. The van der Waals surface area contributed by atoms with E-state index in [2.05, 4.69) is 5.32 Å². The summed E-state index contributed by atoms with van der Waals surface area (Å²) in [4.78, 5) is 0. The Morgan fingerprint density at radius 2 is 2.27 bits per heavy atom. The van der Waals surface area contributed by atoms with Gasteiger partial charge in [-0.25, -0.2) is 0 Å². The highest BCUT2D eigenvalue weighted by molar-refractivity contribution is 4.71. The van der Waals surface area contributed by atoms with Crippen molar-refractivity contribution in [3.63, 3.8) is 0 Å². The van der Waals surface area contributed by atoms with Gasteiger partial charge < -0.3 is 24.6 Å². The van der Waals surface area contributed by atoms with Crippen molar-refractivity contribution in [1.82, 2.24) is 5.32 Å². The van der Waals surface area contributed by atoms with Crippen LogP contribution in [-0.2, 0) is 14.2 Å². The van der Waals surface area contributed by atoms with E-state index in [-0.39, 0.29) is 6.10 Å². The van der Waals surface area contributed by atoms with E-state index in [9.17, 15) is 5.11 Å². The highest BCUT2D eigenvalue weighted by atomic mass is 16.5. The average molecular weight is 219 g/mol. The fourth-order valence-electron chi connectivity index (χ4n) is 1.43. The van der Waals surface area contributed by atoms with Crippen molar-refractivity contribution in [3.8, 4) is 0 Å². The third-order valence-electron chi connectivity index (χ3n) is 2.28. The van der Waals surface area contributed by atoms with E-state index in [0.717, 1.165) is 19.5 Å². The van der Waals surface area contributed by atoms with Crippen LogP contribution >= 0.6 is 0 Å². The lowest BCUT2D eigenvalue weighted by molar-refractivity contribution is -0.0453. The lowest BCUT2D eigenvalue weighted by Crippen LogP contribution is -2.27. The molecule has 0 saturated carbocycles. The molecule has 1 rings (SSSR count). The van der Waals surface area contributed by atoms with Gasteiger partial charge in [0.1, 0.15) is 6.10 Å². The number of hydrogen-bond acceptors (Lipinski definition) is 5. The molecule has 1 aliphatic rings. The molecular formula is C10H21NO4. The Kier molecular flexibility index (Phi) is 6.87. The van der Waals surface area contributed by atoms with Crippen LogP contribution in [-0.4, -0.2) is 63.9 Å². The number of hydrogen-bond donors (Lipinski definition) is 2. The Hall–Kier alpha value is -0.200. The summed E-state index contributed by atoms with van der Waals surface area (Å²) in [6.45, 7) is 3.61. The van der Waals surface area contributed by atoms with Crippen LogP contribution in [0.4, 0.5) is 0 Å². The number of ether oxygens (including phenoxy) is 3. The number of aliphatic hydroxyl groups is 1. The van der Waals surface area contributed by atoms with Crippen LogP contribution in [0.25, 0.3) is 0 Å². The molecule has 90 valence electrons. The first-order chi connectivity index (χ1) is 7.33. The summed E-state index contributed by atoms with van der Waals surface area (Å²) in [7, 11) is 1.62. The number of rotatable bonds is 8. The minimum absolute atomic E-state index is 0.249. The van der Waals surface area contributed by atoms with E-state index in [4.69, 9.17) is 14.2 Å². The molecule has 2 N–H and O–H groups in total. The van der Waals surface area contributed by atoms with Crippen molar-refractivity contribution < 1.29 is 19.3 Å². The first-order valence-corrected chi connectivity index (χ1v) is 5.40. The molecule has 0 aromatic heterocycles. The molecule has 1 aliphatic heterocycles. The van der Waals surface area contributed by atoms with Gasteiger partial charge in [-0.15, -0.1) is 0 Å². The second-order valence-corrected chi connectivity index (χ2v) is 3.67. The van der Waals surface area contributed by atoms with Crippen LogP contribution in [0.3, 0.4) is 0 Å². The summed E-state index contributed by atoms with van der Waals surface area (Å²) < 4.78 is 15.5. The van der Waals surface area contributed by atoms with Gasteiger partial charge in [0.25, 0.3) is 0 Å². The molecule has 0 bridgehead atoms. The minimum Gasteiger partial charge on any atom is -0.388 e. The van der Waals surface area contributed by atoms with Gasteiger partial charge in [-0.1, -0.05) is 0 Å². The third-order valence-corrected chi connectivity index (χ3v) is 2.28. The summed E-state index contributed by atoms with van der Waals surface area (Å²) in [5, 5.41) is 12.7. The highest BCUT2D eigenvalue weighted by Crippen LogP contribution is 2.03. The standard InChI is InChI=1S/C10H21NO4/c1-13-4-5-14-7-9(12)8-15-10-2-3-11-6-10/h9-12H,2-8H2,1H3. The molecule has 2 unspecified atom stereocenters. The Labute approximate surface area is 90.7 Å². The fraction of sp³-hybridized carbons (Fsp3) is 1.00. The van der Waals surface area contributed by atoms with Crippen molar-refractivity contribution >= 4 is 0 Å². The molecule has 0 radical (unpaired) electrons. The first kappa shape index (κ1) is 12.9. The van der Waals surface area contributed by atoms with Gasteiger partial charge in [0, 0.05) is 13.7 Å². The normalized spacial score (nSPS) is 23.2. The molecule has 1 saturated heterocycles. The fourth-order valence-corrected chi connectivity index (χ4v) is 1.43. The Morgan fingerprint density at radius 1 is 1.40 bits per heavy atom. The van der Waals surface area contributed by atoms with E-state index >= 15 is 0 Å². The summed E-state index contributed by atoms with van der Waals surface area (Å²) >= 11 is 0. The lowest BCUT2D eigenvalue weighted by Gasteiger charge is -2.15. The first-order valence-electron chi connectivity index (χ1n) is 5.40. The molecule has 0 amide bonds. The zero-order chi connectivity index (χ0) is 10.9. The van der Waals surface area contributed by atoms with Gasteiger partial charge in [0.15, 0.2) is 0 Å². The summed E-state index contributed by atoms with van der Waals surface area (Å²) in [6.07, 6.45) is 0.734. The second kappa shape index (κ2) is 8.01. The molecule has 1 fully saturated rings. The van der Waals surface area contributed by atoms with Crippen LogP contribution < -0.4 is 5.32 Å². The second-order valence-electron chi connectivity index (χ2n) is 3.67. The predicted molar refractivity (Wildman–Crippen MR) is 55.9 cm³/mol. The van der Waals surface area contributed by atoms with Crippen LogP contribution in [0.1, 0.15) is 6.42 Å². The topological polar surface area (TPSA) is 60.0 Å². The maximum absolute atomic E-state index is 9.50. The van der Waals surface area contributed by atoms with Gasteiger partial charge in [-0.2, -0.15) is 0 Å². The molecule has 0 aliphatic carbocycles. The van der Waals surface area contributed by atoms with Crippen LogP contribution in [0.5, 0.6) is 0 Å². The van der Waals surface area contributed by atoms with Crippen molar-refractivity contribution in [2.75, 3.05) is 46.6 Å². The van der Waals surface area contributed by atoms with Gasteiger partial charge in [-0.3, -0.25) is 0 Å². The molecule has 0 spiro atoms. The Bertz CT molecular complexity index is 150. The number of nitrogens with one attached hydrogen (secondary N) is 1. The van der Waals surface area contributed by atoms with Gasteiger partial charge in [0.2, 0.25) is 0 Å². The van der Waals surface area contributed by atoms with Gasteiger partial charge in [-0.05, 0) is 13.0 Å². The molecule has 1 heterocycles. The van der Waals surface area contributed by atoms with E-state index in [1.165, 1.54) is 0 Å². The van der Waals surface area contributed by atoms with Crippen LogP contribution in [0.15, 0.2) is 0 Å². The Balaban J connectivity index is 1.90. The zero-order valence-electron chi connectivity index (χ0n) is 9.28. The molecule has 0 aromatic rings. The maximum atomic E-state index is 9.50. The molecule has 15 heavy (non-hydrogen) atoms. The van der Waals surface area contributed by atoms with Crippen molar-refractivity contribution in [3.05, 3.63) is 0 Å².